The van der Waals surface area contributed by atoms with Gasteiger partial charge in [-0.25, -0.2) is 4.79 Å². The summed E-state index contributed by atoms with van der Waals surface area (Å²) in [4.78, 5) is 14.8. The first-order valence-corrected chi connectivity index (χ1v) is 16.9. The second-order valence-electron chi connectivity index (χ2n) is 15.4. The van der Waals surface area contributed by atoms with Gasteiger partial charge in [-0.15, -0.1) is 0 Å². The van der Waals surface area contributed by atoms with Gasteiger partial charge in [0.1, 0.15) is 6.10 Å². The van der Waals surface area contributed by atoms with Gasteiger partial charge < -0.3 is 9.64 Å². The van der Waals surface area contributed by atoms with Gasteiger partial charge in [0.15, 0.2) is 0 Å². The Hall–Kier alpha value is -2.03. The second kappa shape index (κ2) is 12.3. The van der Waals surface area contributed by atoms with Gasteiger partial charge >= 0.3 is 5.97 Å². The molecule has 1 aromatic carbocycles. The van der Waals surface area contributed by atoms with E-state index in [1.165, 1.54) is 51.4 Å². The Morgan fingerprint density at radius 2 is 1.76 bits per heavy atom. The van der Waals surface area contributed by atoms with E-state index < -0.39 is 0 Å². The number of rotatable bonds is 9. The first kappa shape index (κ1) is 30.4. The van der Waals surface area contributed by atoms with Crippen LogP contribution in [-0.2, 0) is 9.53 Å². The predicted octanol–water partition coefficient (Wildman–Crippen LogP) is 9.72. The van der Waals surface area contributed by atoms with Crippen molar-refractivity contribution in [3.8, 4) is 0 Å². The molecule has 0 aromatic heterocycles. The zero-order chi connectivity index (χ0) is 29.4. The zero-order valence-corrected chi connectivity index (χ0v) is 27.1. The van der Waals surface area contributed by atoms with Crippen molar-refractivity contribution in [2.24, 2.45) is 46.3 Å². The molecule has 0 radical (unpaired) electrons. The molecule has 3 nitrogen and oxygen atoms in total. The van der Waals surface area contributed by atoms with Gasteiger partial charge in [0.05, 0.1) is 0 Å². The van der Waals surface area contributed by atoms with Crippen molar-refractivity contribution in [3.63, 3.8) is 0 Å². The summed E-state index contributed by atoms with van der Waals surface area (Å²) in [5.74, 6) is 4.93. The number of hydrogen-bond acceptors (Lipinski definition) is 3. The van der Waals surface area contributed by atoms with Gasteiger partial charge in [-0.2, -0.15) is 0 Å². The molecule has 0 unspecified atom stereocenters. The van der Waals surface area contributed by atoms with Gasteiger partial charge in [-0.05, 0) is 115 Å². The molecule has 4 aliphatic rings. The Morgan fingerprint density at radius 3 is 2.46 bits per heavy atom. The molecule has 0 heterocycles. The molecule has 41 heavy (non-hydrogen) atoms. The predicted molar refractivity (Wildman–Crippen MR) is 173 cm³/mol. The quantitative estimate of drug-likeness (QED) is 0.171. The van der Waals surface area contributed by atoms with Crippen LogP contribution in [0.3, 0.4) is 0 Å². The Bertz CT molecular complexity index is 1120. The molecule has 0 bridgehead atoms. The second-order valence-corrected chi connectivity index (χ2v) is 15.4. The molecule has 1 aromatic rings. The smallest absolute Gasteiger partial charge is 0.331 e. The zero-order valence-electron chi connectivity index (χ0n) is 27.1. The number of allylic oxidation sites excluding steroid dienone is 1. The van der Waals surface area contributed by atoms with Crippen LogP contribution >= 0.6 is 0 Å². The fourth-order valence-electron chi connectivity index (χ4n) is 10.0. The lowest BCUT2D eigenvalue weighted by atomic mass is 9.47. The van der Waals surface area contributed by atoms with Crippen LogP contribution < -0.4 is 4.90 Å². The van der Waals surface area contributed by atoms with Crippen molar-refractivity contribution < 1.29 is 9.53 Å². The van der Waals surface area contributed by atoms with E-state index in [4.69, 9.17) is 4.74 Å². The third-order valence-electron chi connectivity index (χ3n) is 12.4. The number of hydrogen-bond donors (Lipinski definition) is 0. The van der Waals surface area contributed by atoms with Crippen molar-refractivity contribution in [3.05, 3.63) is 47.6 Å². The highest BCUT2D eigenvalue weighted by molar-refractivity contribution is 5.87. The molecule has 3 fully saturated rings. The van der Waals surface area contributed by atoms with E-state index in [1.807, 2.05) is 32.3 Å². The van der Waals surface area contributed by atoms with Gasteiger partial charge in [0.2, 0.25) is 0 Å². The molecule has 3 saturated carbocycles. The summed E-state index contributed by atoms with van der Waals surface area (Å²) >= 11 is 0. The summed E-state index contributed by atoms with van der Waals surface area (Å²) in [7, 11) is 4.07. The summed E-state index contributed by atoms with van der Waals surface area (Å²) in [5.41, 5.74) is 4.59. The Morgan fingerprint density at radius 1 is 1.00 bits per heavy atom. The van der Waals surface area contributed by atoms with Gasteiger partial charge in [-0.3, -0.25) is 0 Å². The minimum absolute atomic E-state index is 0.00977. The molecule has 0 amide bonds. The maximum Gasteiger partial charge on any atom is 0.331 e. The van der Waals surface area contributed by atoms with E-state index in [2.05, 4.69) is 57.7 Å². The molecule has 0 saturated heterocycles. The summed E-state index contributed by atoms with van der Waals surface area (Å²) in [6, 6.07) is 8.24. The average Bonchev–Trinajstić information content (AvgIpc) is 3.29. The van der Waals surface area contributed by atoms with Crippen LogP contribution in [0.4, 0.5) is 5.69 Å². The SMILES string of the molecule is CC(C)CCC[C@@H](C)[C@@H]1CC[C@@H]2[C@H]3CC=C4C[C@@H](OC(=O)/C=C\c5ccc(N(C)C)cc5)CC[C@]4(C)[C@@H]3CC[C@@]21C. The van der Waals surface area contributed by atoms with E-state index in [0.717, 1.165) is 66.0 Å². The van der Waals surface area contributed by atoms with Crippen molar-refractivity contribution >= 4 is 17.7 Å². The van der Waals surface area contributed by atoms with Crippen molar-refractivity contribution in [2.45, 2.75) is 111 Å². The maximum absolute atomic E-state index is 12.7. The third kappa shape index (κ3) is 6.21. The summed E-state index contributed by atoms with van der Waals surface area (Å²) < 4.78 is 6.00. The molecule has 3 heteroatoms. The largest absolute Gasteiger partial charge is 0.459 e. The van der Waals surface area contributed by atoms with Gasteiger partial charge in [0.25, 0.3) is 0 Å². The van der Waals surface area contributed by atoms with Crippen LogP contribution in [-0.4, -0.2) is 26.2 Å². The number of anilines is 1. The molecule has 226 valence electrons. The van der Waals surface area contributed by atoms with Gasteiger partial charge in [-0.1, -0.05) is 77.7 Å². The molecular formula is C38H57NO2. The van der Waals surface area contributed by atoms with Crippen LogP contribution in [0.2, 0.25) is 0 Å². The summed E-state index contributed by atoms with van der Waals surface area (Å²) in [5, 5.41) is 0. The lowest BCUT2D eigenvalue weighted by Gasteiger charge is -2.58. The highest BCUT2D eigenvalue weighted by Gasteiger charge is 2.59. The number of carbonyl (C=O) groups is 1. The summed E-state index contributed by atoms with van der Waals surface area (Å²) in [6.07, 6.45) is 20.3. The van der Waals surface area contributed by atoms with Gasteiger partial charge in [0, 0.05) is 32.3 Å². The number of fused-ring (bicyclic) bond motifs is 5. The van der Waals surface area contributed by atoms with Crippen molar-refractivity contribution in [1.82, 2.24) is 0 Å². The first-order valence-electron chi connectivity index (χ1n) is 16.9. The summed E-state index contributed by atoms with van der Waals surface area (Å²) in [6.45, 7) is 12.6. The number of nitrogens with zero attached hydrogens (tertiary/aromatic N) is 1. The van der Waals surface area contributed by atoms with Crippen LogP contribution in [0.15, 0.2) is 42.0 Å². The monoisotopic (exact) mass is 559 g/mol. The molecule has 8 atom stereocenters. The Balaban J connectivity index is 1.19. The molecule has 0 aliphatic heterocycles. The lowest BCUT2D eigenvalue weighted by Crippen LogP contribution is -2.51. The number of carbonyl (C=O) groups excluding carboxylic acids is 1. The molecule has 5 rings (SSSR count). The van der Waals surface area contributed by atoms with Crippen LogP contribution in [0.5, 0.6) is 0 Å². The normalized spacial score (nSPS) is 35.4. The van der Waals surface area contributed by atoms with E-state index in [0.29, 0.717) is 5.41 Å². The van der Waals surface area contributed by atoms with Crippen LogP contribution in [0.25, 0.3) is 6.08 Å². The minimum Gasteiger partial charge on any atom is -0.459 e. The molecule has 4 aliphatic carbocycles. The topological polar surface area (TPSA) is 29.5 Å². The lowest BCUT2D eigenvalue weighted by molar-refractivity contribution is -0.145. The third-order valence-corrected chi connectivity index (χ3v) is 12.4. The van der Waals surface area contributed by atoms with Crippen LogP contribution in [0.1, 0.15) is 111 Å². The minimum atomic E-state index is -0.211. The average molecular weight is 560 g/mol. The van der Waals surface area contributed by atoms with E-state index in [9.17, 15) is 4.79 Å². The molecular weight excluding hydrogens is 502 g/mol. The molecule has 0 N–H and O–H groups in total. The number of ether oxygens (including phenoxy) is 1. The van der Waals surface area contributed by atoms with E-state index >= 15 is 0 Å². The number of esters is 1. The van der Waals surface area contributed by atoms with Crippen molar-refractivity contribution in [1.29, 1.82) is 0 Å². The Kier molecular flexibility index (Phi) is 9.12. The van der Waals surface area contributed by atoms with Crippen molar-refractivity contribution in [2.75, 3.05) is 19.0 Å². The fraction of sp³-hybridized carbons (Fsp3) is 0.711. The first-order chi connectivity index (χ1) is 19.5. The maximum atomic E-state index is 12.7. The number of benzene rings is 1. The van der Waals surface area contributed by atoms with E-state index in [-0.39, 0.29) is 17.5 Å². The highest BCUT2D eigenvalue weighted by atomic mass is 16.5. The fourth-order valence-corrected chi connectivity index (χ4v) is 10.0. The van der Waals surface area contributed by atoms with Crippen LogP contribution in [0, 0.1) is 46.3 Å². The Labute approximate surface area is 251 Å². The molecule has 0 spiro atoms. The van der Waals surface area contributed by atoms with E-state index in [1.54, 1.807) is 11.6 Å². The highest BCUT2D eigenvalue weighted by Crippen LogP contribution is 2.67. The standard InChI is InChI=1S/C38H57NO2/c1-26(2)9-8-10-27(3)33-18-19-34-32-17-14-29-25-31(21-23-37(29,4)35(32)22-24-38(33,34)5)41-36(40)20-13-28-11-15-30(16-12-28)39(6)7/h11-16,20,26-27,31-35H,8-10,17-19,21-25H2,1-7H3/b20-13-/t27-,31+,32-,33+,34-,35-,37+,38-/m1/s1.